The van der Waals surface area contributed by atoms with E-state index in [0.29, 0.717) is 29.5 Å². The van der Waals surface area contributed by atoms with Crippen molar-refractivity contribution in [1.82, 2.24) is 15.5 Å². The number of nitrogens with one attached hydrogen (secondary N) is 2. The van der Waals surface area contributed by atoms with Crippen LogP contribution in [0.1, 0.15) is 25.0 Å². The Labute approximate surface area is 196 Å². The van der Waals surface area contributed by atoms with E-state index in [-0.39, 0.29) is 36.3 Å². The number of hydrogen-bond donors (Lipinski definition) is 2. The van der Waals surface area contributed by atoms with Crippen LogP contribution < -0.4 is 10.6 Å². The van der Waals surface area contributed by atoms with Gasteiger partial charge in [0.2, 0.25) is 0 Å². The van der Waals surface area contributed by atoms with Crippen LogP contribution in [0.25, 0.3) is 0 Å². The van der Waals surface area contributed by atoms with Crippen molar-refractivity contribution in [3.8, 4) is 0 Å². The van der Waals surface area contributed by atoms with Crippen molar-refractivity contribution in [2.75, 3.05) is 52.2 Å². The normalized spacial score (nSPS) is 16.6. The highest BCUT2D eigenvalue weighted by atomic mass is 127. The predicted octanol–water partition coefficient (Wildman–Crippen LogP) is 2.01. The average Bonchev–Trinajstić information content (AvgIpc) is 2.65. The third kappa shape index (κ3) is 10.4. The lowest BCUT2D eigenvalue weighted by Crippen LogP contribution is -2.44. The van der Waals surface area contributed by atoms with E-state index in [2.05, 4.69) is 27.4 Å². The van der Waals surface area contributed by atoms with Crippen molar-refractivity contribution in [3.63, 3.8) is 0 Å². The Hall–Kier alpha value is -0.980. The summed E-state index contributed by atoms with van der Waals surface area (Å²) in [6.45, 7) is 10.3. The van der Waals surface area contributed by atoms with Crippen LogP contribution >= 0.6 is 24.0 Å². The quantitative estimate of drug-likeness (QED) is 0.275. The summed E-state index contributed by atoms with van der Waals surface area (Å²) in [7, 11) is -3.21. The second kappa shape index (κ2) is 13.4. The fraction of sp³-hybridized carbons (Fsp3) is 0.650. The number of aliphatic imine (C=N–C) groups is 1. The molecule has 0 aromatic heterocycles. The molecule has 2 N–H and O–H groups in total. The average molecular weight is 556 g/mol. The zero-order valence-electron chi connectivity index (χ0n) is 18.0. The van der Waals surface area contributed by atoms with Gasteiger partial charge in [-0.15, -0.1) is 24.0 Å². The summed E-state index contributed by atoms with van der Waals surface area (Å²) in [6, 6.07) is 4.16. The number of halogens is 2. The molecule has 1 aliphatic heterocycles. The Morgan fingerprint density at radius 3 is 2.60 bits per heavy atom. The minimum atomic E-state index is -3.21. The number of rotatable bonds is 9. The van der Waals surface area contributed by atoms with Crippen LogP contribution in [0.4, 0.5) is 4.39 Å². The summed E-state index contributed by atoms with van der Waals surface area (Å²) in [6.07, 6.45) is 1.17. The molecule has 1 aliphatic rings. The number of hydrogen-bond acceptors (Lipinski definition) is 5. The standard InChI is InChI=1S/C20H33FN4O3S.HI/c1-4-22-20(23-12-16(2)14-25-7-9-28-10-8-25)24-13-18-11-19(21)6-5-17(18)15-29(3,26)27;/h5-6,11,16H,4,7-10,12-15H2,1-3H3,(H2,22,23,24);1H. The molecule has 1 saturated heterocycles. The Kier molecular flexibility index (Phi) is 12.1. The van der Waals surface area contributed by atoms with Crippen molar-refractivity contribution < 1.29 is 17.5 Å². The lowest BCUT2D eigenvalue weighted by molar-refractivity contribution is 0.0320. The predicted molar refractivity (Wildman–Crippen MR) is 130 cm³/mol. The highest BCUT2D eigenvalue weighted by molar-refractivity contribution is 14.0. The van der Waals surface area contributed by atoms with E-state index in [0.717, 1.165) is 39.4 Å². The van der Waals surface area contributed by atoms with Gasteiger partial charge in [-0.3, -0.25) is 4.90 Å². The smallest absolute Gasteiger partial charge is 0.191 e. The minimum Gasteiger partial charge on any atom is -0.379 e. The fourth-order valence-corrected chi connectivity index (χ4v) is 4.08. The van der Waals surface area contributed by atoms with Gasteiger partial charge in [-0.1, -0.05) is 13.0 Å². The van der Waals surface area contributed by atoms with E-state index in [1.807, 2.05) is 6.92 Å². The highest BCUT2D eigenvalue weighted by Crippen LogP contribution is 2.15. The SMILES string of the molecule is CCNC(=NCc1cc(F)ccc1CS(C)(=O)=O)NCC(C)CN1CCOCC1.I. The molecule has 172 valence electrons. The molecule has 0 aliphatic carbocycles. The van der Waals surface area contributed by atoms with Crippen LogP contribution in [0.5, 0.6) is 0 Å². The first kappa shape index (κ1) is 27.1. The summed E-state index contributed by atoms with van der Waals surface area (Å²) in [4.78, 5) is 6.93. The van der Waals surface area contributed by atoms with Crippen molar-refractivity contribution in [3.05, 3.63) is 35.1 Å². The Morgan fingerprint density at radius 1 is 1.27 bits per heavy atom. The van der Waals surface area contributed by atoms with E-state index in [4.69, 9.17) is 4.74 Å². The van der Waals surface area contributed by atoms with Crippen molar-refractivity contribution in [1.29, 1.82) is 0 Å². The lowest BCUT2D eigenvalue weighted by atomic mass is 10.1. The van der Waals surface area contributed by atoms with Gasteiger partial charge < -0.3 is 15.4 Å². The number of sulfone groups is 1. The topological polar surface area (TPSA) is 83.0 Å². The minimum absolute atomic E-state index is 0. The molecule has 7 nitrogen and oxygen atoms in total. The molecule has 30 heavy (non-hydrogen) atoms. The van der Waals surface area contributed by atoms with E-state index in [9.17, 15) is 12.8 Å². The third-order valence-corrected chi connectivity index (χ3v) is 5.46. The molecule has 1 aromatic rings. The third-order valence-electron chi connectivity index (χ3n) is 4.63. The van der Waals surface area contributed by atoms with Gasteiger partial charge in [-0.05, 0) is 36.1 Å². The Balaban J connectivity index is 0.00000450. The van der Waals surface area contributed by atoms with Crippen LogP contribution in [0, 0.1) is 11.7 Å². The monoisotopic (exact) mass is 556 g/mol. The summed E-state index contributed by atoms with van der Waals surface area (Å²) in [5.74, 6) is 0.533. The van der Waals surface area contributed by atoms with E-state index >= 15 is 0 Å². The van der Waals surface area contributed by atoms with Gasteiger partial charge in [-0.2, -0.15) is 0 Å². The van der Waals surface area contributed by atoms with Crippen LogP contribution in [0.15, 0.2) is 23.2 Å². The van der Waals surface area contributed by atoms with Crippen LogP contribution in [0.3, 0.4) is 0 Å². The van der Waals surface area contributed by atoms with Crippen LogP contribution in [0.2, 0.25) is 0 Å². The summed E-state index contributed by atoms with van der Waals surface area (Å²) in [5.41, 5.74) is 1.16. The second-order valence-electron chi connectivity index (χ2n) is 7.58. The highest BCUT2D eigenvalue weighted by Gasteiger charge is 2.14. The van der Waals surface area contributed by atoms with Gasteiger partial charge in [0, 0.05) is 39.0 Å². The second-order valence-corrected chi connectivity index (χ2v) is 9.72. The molecular formula is C20H34FIN4O3S. The van der Waals surface area contributed by atoms with E-state index in [1.54, 1.807) is 0 Å². The fourth-order valence-electron chi connectivity index (χ4n) is 3.23. The summed E-state index contributed by atoms with van der Waals surface area (Å²) >= 11 is 0. The maximum atomic E-state index is 13.7. The Morgan fingerprint density at radius 2 is 1.97 bits per heavy atom. The van der Waals surface area contributed by atoms with Crippen molar-refractivity contribution >= 4 is 39.8 Å². The van der Waals surface area contributed by atoms with Crippen molar-refractivity contribution in [2.45, 2.75) is 26.1 Å². The van der Waals surface area contributed by atoms with Crippen LogP contribution in [-0.4, -0.2) is 71.5 Å². The maximum Gasteiger partial charge on any atom is 0.191 e. The number of benzene rings is 1. The molecule has 1 fully saturated rings. The van der Waals surface area contributed by atoms with Gasteiger partial charge in [0.1, 0.15) is 5.82 Å². The molecule has 0 spiro atoms. The molecule has 2 rings (SSSR count). The summed E-state index contributed by atoms with van der Waals surface area (Å²) in [5, 5.41) is 6.52. The molecule has 1 heterocycles. The number of nitrogens with zero attached hydrogens (tertiary/aromatic N) is 2. The first-order chi connectivity index (χ1) is 13.8. The molecule has 0 saturated carbocycles. The first-order valence-corrected chi connectivity index (χ1v) is 12.1. The van der Waals surface area contributed by atoms with E-state index < -0.39 is 15.7 Å². The largest absolute Gasteiger partial charge is 0.379 e. The molecule has 0 amide bonds. The number of ether oxygens (including phenoxy) is 1. The molecule has 1 unspecified atom stereocenters. The van der Waals surface area contributed by atoms with Gasteiger partial charge >= 0.3 is 0 Å². The summed E-state index contributed by atoms with van der Waals surface area (Å²) < 4.78 is 42.4. The molecule has 1 aromatic carbocycles. The zero-order chi connectivity index (χ0) is 21.3. The van der Waals surface area contributed by atoms with Crippen molar-refractivity contribution in [2.24, 2.45) is 10.9 Å². The first-order valence-electron chi connectivity index (χ1n) is 10.0. The molecule has 1 atom stereocenters. The van der Waals surface area contributed by atoms with Gasteiger partial charge in [0.25, 0.3) is 0 Å². The van der Waals surface area contributed by atoms with Gasteiger partial charge in [0.15, 0.2) is 15.8 Å². The molecule has 0 bridgehead atoms. The molecule has 0 radical (unpaired) electrons. The lowest BCUT2D eigenvalue weighted by Gasteiger charge is -2.29. The molecular weight excluding hydrogens is 522 g/mol. The van der Waals surface area contributed by atoms with Crippen LogP contribution in [-0.2, 0) is 26.9 Å². The van der Waals surface area contributed by atoms with Gasteiger partial charge in [-0.25, -0.2) is 17.8 Å². The molecule has 10 heteroatoms. The maximum absolute atomic E-state index is 13.7. The Bertz CT molecular complexity index is 786. The number of morpholine rings is 1. The van der Waals surface area contributed by atoms with E-state index in [1.165, 1.54) is 24.5 Å². The zero-order valence-corrected chi connectivity index (χ0v) is 21.1. The number of guanidine groups is 1. The van der Waals surface area contributed by atoms with Gasteiger partial charge in [0.05, 0.1) is 25.5 Å².